The van der Waals surface area contributed by atoms with Crippen molar-refractivity contribution in [3.63, 3.8) is 0 Å². The maximum atomic E-state index is 12.2. The van der Waals surface area contributed by atoms with E-state index in [0.717, 1.165) is 32.6 Å². The van der Waals surface area contributed by atoms with Gasteiger partial charge in [0.15, 0.2) is 0 Å². The lowest BCUT2D eigenvalue weighted by Crippen LogP contribution is -2.35. The van der Waals surface area contributed by atoms with E-state index in [1.54, 1.807) is 25.3 Å². The van der Waals surface area contributed by atoms with Crippen LogP contribution in [-0.2, 0) is 4.79 Å². The van der Waals surface area contributed by atoms with E-state index in [1.165, 1.54) is 0 Å². The van der Waals surface area contributed by atoms with E-state index in [2.05, 4.69) is 22.2 Å². The average molecular weight is 292 g/mol. The number of methoxy groups -OCH3 is 1. The molecule has 1 saturated heterocycles. The molecule has 0 aromatic heterocycles. The van der Waals surface area contributed by atoms with Crippen LogP contribution in [0.15, 0.2) is 18.2 Å². The Balaban J connectivity index is 1.92. The van der Waals surface area contributed by atoms with Crippen molar-refractivity contribution >= 4 is 17.3 Å². The van der Waals surface area contributed by atoms with E-state index in [9.17, 15) is 4.79 Å². The van der Waals surface area contributed by atoms with Crippen molar-refractivity contribution in [3.8, 4) is 5.75 Å². The number of likely N-dealkylation sites (N-methyl/N-ethyl adjacent to an activating group) is 1. The van der Waals surface area contributed by atoms with Gasteiger partial charge in [-0.05, 0) is 38.7 Å². The van der Waals surface area contributed by atoms with Crippen LogP contribution in [-0.4, -0.2) is 62.6 Å². The number of carbonyl (C=O) groups excluding carboxylic acids is 1. The molecule has 0 unspecified atom stereocenters. The number of nitrogen functional groups attached to an aromatic ring is 1. The quantitative estimate of drug-likeness (QED) is 0.805. The van der Waals surface area contributed by atoms with Gasteiger partial charge < -0.3 is 20.7 Å². The predicted octanol–water partition coefficient (Wildman–Crippen LogP) is 0.853. The number of rotatable bonds is 4. The van der Waals surface area contributed by atoms with Gasteiger partial charge in [0.1, 0.15) is 5.75 Å². The highest BCUT2D eigenvalue weighted by Gasteiger charge is 2.16. The Bertz CT molecular complexity index is 493. The number of anilines is 2. The fourth-order valence-electron chi connectivity index (χ4n) is 2.46. The van der Waals surface area contributed by atoms with Gasteiger partial charge in [-0.1, -0.05) is 0 Å². The molecular formula is C15H24N4O2. The molecule has 0 aliphatic carbocycles. The van der Waals surface area contributed by atoms with Crippen LogP contribution in [0.25, 0.3) is 0 Å². The second-order valence-electron chi connectivity index (χ2n) is 5.44. The molecule has 0 saturated carbocycles. The number of benzene rings is 1. The number of ether oxygens (including phenoxy) is 1. The Morgan fingerprint density at radius 3 is 2.90 bits per heavy atom. The Hall–Kier alpha value is -1.79. The Labute approximate surface area is 125 Å². The smallest absolute Gasteiger partial charge is 0.238 e. The number of amides is 1. The fourth-order valence-corrected chi connectivity index (χ4v) is 2.46. The number of hydrogen-bond donors (Lipinski definition) is 2. The molecule has 1 aliphatic rings. The molecule has 1 aromatic carbocycles. The van der Waals surface area contributed by atoms with E-state index in [4.69, 9.17) is 10.5 Å². The van der Waals surface area contributed by atoms with Gasteiger partial charge in [-0.15, -0.1) is 0 Å². The first-order chi connectivity index (χ1) is 10.1. The first-order valence-electron chi connectivity index (χ1n) is 7.23. The second kappa shape index (κ2) is 7.28. The minimum Gasteiger partial charge on any atom is -0.494 e. The van der Waals surface area contributed by atoms with Crippen molar-refractivity contribution in [2.75, 3.05) is 57.9 Å². The molecule has 1 heterocycles. The van der Waals surface area contributed by atoms with Crippen molar-refractivity contribution in [1.29, 1.82) is 0 Å². The third kappa shape index (κ3) is 4.61. The van der Waals surface area contributed by atoms with Crippen molar-refractivity contribution in [2.24, 2.45) is 0 Å². The van der Waals surface area contributed by atoms with E-state index < -0.39 is 0 Å². The van der Waals surface area contributed by atoms with Gasteiger partial charge in [-0.2, -0.15) is 0 Å². The van der Waals surface area contributed by atoms with Crippen LogP contribution in [0, 0.1) is 0 Å². The third-order valence-electron chi connectivity index (χ3n) is 3.68. The number of carbonyl (C=O) groups is 1. The molecule has 1 amide bonds. The van der Waals surface area contributed by atoms with Crippen molar-refractivity contribution < 1.29 is 9.53 Å². The zero-order valence-electron chi connectivity index (χ0n) is 12.8. The van der Waals surface area contributed by atoms with Crippen LogP contribution in [0.5, 0.6) is 5.75 Å². The molecule has 0 radical (unpaired) electrons. The zero-order valence-corrected chi connectivity index (χ0v) is 12.8. The van der Waals surface area contributed by atoms with Gasteiger partial charge in [0.05, 0.1) is 19.3 Å². The van der Waals surface area contributed by atoms with Crippen LogP contribution in [0.1, 0.15) is 6.42 Å². The fraction of sp³-hybridized carbons (Fsp3) is 0.533. The van der Waals surface area contributed by atoms with Crippen molar-refractivity contribution in [3.05, 3.63) is 18.2 Å². The summed E-state index contributed by atoms with van der Waals surface area (Å²) in [5.74, 6) is 0.557. The summed E-state index contributed by atoms with van der Waals surface area (Å²) in [6.07, 6.45) is 1.09. The summed E-state index contributed by atoms with van der Waals surface area (Å²) in [7, 11) is 3.68. The number of nitrogens with zero attached hydrogens (tertiary/aromatic N) is 2. The molecule has 1 fully saturated rings. The van der Waals surface area contributed by atoms with Gasteiger partial charge in [0, 0.05) is 24.8 Å². The number of nitrogens with two attached hydrogens (primary N) is 1. The molecule has 6 heteroatoms. The Kier molecular flexibility index (Phi) is 5.41. The minimum absolute atomic E-state index is 0.0253. The third-order valence-corrected chi connectivity index (χ3v) is 3.68. The lowest BCUT2D eigenvalue weighted by atomic mass is 10.2. The first kappa shape index (κ1) is 15.6. The average Bonchev–Trinajstić information content (AvgIpc) is 2.65. The molecule has 1 aliphatic heterocycles. The standard InChI is InChI=1S/C15H24N4O2/c1-18-6-3-7-19(9-8-18)11-15(20)17-13-5-4-12(16)10-14(13)21-2/h4-5,10H,3,6-9,11,16H2,1-2H3,(H,17,20). The van der Waals surface area contributed by atoms with Crippen molar-refractivity contribution in [2.45, 2.75) is 6.42 Å². The number of nitrogens with one attached hydrogen (secondary N) is 1. The highest BCUT2D eigenvalue weighted by Crippen LogP contribution is 2.26. The summed E-state index contributed by atoms with van der Waals surface area (Å²) in [5.41, 5.74) is 6.98. The molecule has 2 rings (SSSR count). The summed E-state index contributed by atoms with van der Waals surface area (Å²) in [4.78, 5) is 16.7. The van der Waals surface area contributed by atoms with E-state index >= 15 is 0 Å². The lowest BCUT2D eigenvalue weighted by molar-refractivity contribution is -0.117. The van der Waals surface area contributed by atoms with Gasteiger partial charge in [0.2, 0.25) is 5.91 Å². The van der Waals surface area contributed by atoms with Gasteiger partial charge >= 0.3 is 0 Å². The van der Waals surface area contributed by atoms with E-state index in [1.807, 2.05) is 0 Å². The van der Waals surface area contributed by atoms with Gasteiger partial charge in [0.25, 0.3) is 0 Å². The SMILES string of the molecule is COc1cc(N)ccc1NC(=O)CN1CCCN(C)CC1. The molecular weight excluding hydrogens is 268 g/mol. The molecule has 1 aromatic rings. The monoisotopic (exact) mass is 292 g/mol. The second-order valence-corrected chi connectivity index (χ2v) is 5.44. The summed E-state index contributed by atoms with van der Waals surface area (Å²) in [6, 6.07) is 5.22. The van der Waals surface area contributed by atoms with Gasteiger partial charge in [-0.3, -0.25) is 9.69 Å². The van der Waals surface area contributed by atoms with Crippen LogP contribution < -0.4 is 15.8 Å². The summed E-state index contributed by atoms with van der Waals surface area (Å²) < 4.78 is 5.24. The lowest BCUT2D eigenvalue weighted by Gasteiger charge is -2.20. The zero-order chi connectivity index (χ0) is 15.2. The predicted molar refractivity (Wildman–Crippen MR) is 84.6 cm³/mol. The summed E-state index contributed by atoms with van der Waals surface area (Å²) in [6.45, 7) is 4.36. The Morgan fingerprint density at radius 1 is 1.33 bits per heavy atom. The van der Waals surface area contributed by atoms with Crippen molar-refractivity contribution in [1.82, 2.24) is 9.80 Å². The summed E-state index contributed by atoms with van der Waals surface area (Å²) >= 11 is 0. The minimum atomic E-state index is -0.0253. The molecule has 0 bridgehead atoms. The highest BCUT2D eigenvalue weighted by atomic mass is 16.5. The van der Waals surface area contributed by atoms with Crippen LogP contribution in [0.4, 0.5) is 11.4 Å². The highest BCUT2D eigenvalue weighted by molar-refractivity contribution is 5.94. The molecule has 6 nitrogen and oxygen atoms in total. The van der Waals surface area contributed by atoms with Crippen LogP contribution >= 0.6 is 0 Å². The van der Waals surface area contributed by atoms with Crippen LogP contribution in [0.3, 0.4) is 0 Å². The molecule has 116 valence electrons. The molecule has 21 heavy (non-hydrogen) atoms. The number of hydrogen-bond acceptors (Lipinski definition) is 5. The van der Waals surface area contributed by atoms with E-state index in [0.29, 0.717) is 23.7 Å². The summed E-state index contributed by atoms with van der Waals surface area (Å²) in [5, 5.41) is 2.89. The molecule has 0 spiro atoms. The van der Waals surface area contributed by atoms with E-state index in [-0.39, 0.29) is 5.91 Å². The van der Waals surface area contributed by atoms with Gasteiger partial charge in [-0.25, -0.2) is 0 Å². The molecule has 3 N–H and O–H groups in total. The van der Waals surface area contributed by atoms with Crippen LogP contribution in [0.2, 0.25) is 0 Å². The largest absolute Gasteiger partial charge is 0.494 e. The molecule has 0 atom stereocenters. The maximum absolute atomic E-state index is 12.2. The first-order valence-corrected chi connectivity index (χ1v) is 7.23. The maximum Gasteiger partial charge on any atom is 0.238 e. The Morgan fingerprint density at radius 2 is 2.14 bits per heavy atom. The normalized spacial score (nSPS) is 17.2. The topological polar surface area (TPSA) is 70.8 Å².